The standard InChI is InChI=1S/C28H26N6O/c29-15-22-9-10-27-23(12-22)17-34(28(35)14-24-8-4-5-11-31-24)26(13-21-6-2-1-3-7-21)19-33(27)18-25-16-30-20-32-25/h1-12,16,20,26H,13-14,17-19H2,(H,30,32). The maximum absolute atomic E-state index is 13.7. The van der Waals surface area contributed by atoms with E-state index in [0.29, 0.717) is 25.2 Å². The first-order valence-electron chi connectivity index (χ1n) is 11.7. The number of nitrogens with one attached hydrogen (secondary N) is 1. The fourth-order valence-corrected chi connectivity index (χ4v) is 4.69. The number of aromatic amines is 1. The number of H-pyrrole nitrogens is 1. The Balaban J connectivity index is 1.53. The molecule has 5 rings (SSSR count). The number of hydrogen-bond donors (Lipinski definition) is 1. The molecule has 1 unspecified atom stereocenters. The van der Waals surface area contributed by atoms with Crippen molar-refractivity contribution >= 4 is 11.6 Å². The fraction of sp³-hybridized carbons (Fsp3) is 0.214. The molecule has 0 saturated carbocycles. The first kappa shape index (κ1) is 22.4. The molecule has 1 atom stereocenters. The monoisotopic (exact) mass is 462 g/mol. The highest BCUT2D eigenvalue weighted by Crippen LogP contribution is 2.31. The summed E-state index contributed by atoms with van der Waals surface area (Å²) in [5.74, 6) is 0.0274. The molecule has 1 aliphatic rings. The summed E-state index contributed by atoms with van der Waals surface area (Å²) in [6, 6.07) is 23.8. The van der Waals surface area contributed by atoms with Crippen LogP contribution in [0, 0.1) is 11.3 Å². The number of nitriles is 1. The molecule has 3 heterocycles. The molecule has 35 heavy (non-hydrogen) atoms. The van der Waals surface area contributed by atoms with Crippen LogP contribution in [0.3, 0.4) is 0 Å². The average molecular weight is 463 g/mol. The topological polar surface area (TPSA) is 88.9 Å². The lowest BCUT2D eigenvalue weighted by Crippen LogP contribution is -2.46. The van der Waals surface area contributed by atoms with Gasteiger partial charge in [0.15, 0.2) is 0 Å². The number of fused-ring (bicyclic) bond motifs is 1. The third-order valence-electron chi connectivity index (χ3n) is 6.36. The Morgan fingerprint density at radius 1 is 1.06 bits per heavy atom. The maximum atomic E-state index is 13.7. The van der Waals surface area contributed by atoms with Gasteiger partial charge in [0.25, 0.3) is 0 Å². The minimum absolute atomic E-state index is 0.0274. The first-order valence-corrected chi connectivity index (χ1v) is 11.7. The molecule has 4 aromatic rings. The molecule has 1 aliphatic heterocycles. The number of nitrogens with zero attached hydrogens (tertiary/aromatic N) is 5. The third kappa shape index (κ3) is 5.22. The lowest BCUT2D eigenvalue weighted by atomic mass is 10.0. The molecule has 0 spiro atoms. The van der Waals surface area contributed by atoms with E-state index >= 15 is 0 Å². The number of amides is 1. The molecule has 2 aromatic carbocycles. The zero-order valence-electron chi connectivity index (χ0n) is 19.3. The molecule has 0 radical (unpaired) electrons. The molecule has 1 amide bonds. The van der Waals surface area contributed by atoms with Crippen molar-refractivity contribution < 1.29 is 4.79 Å². The van der Waals surface area contributed by atoms with Crippen LogP contribution < -0.4 is 4.90 Å². The zero-order valence-corrected chi connectivity index (χ0v) is 19.3. The summed E-state index contributed by atoms with van der Waals surface area (Å²) in [5.41, 5.74) is 5.42. The van der Waals surface area contributed by atoms with Gasteiger partial charge in [0, 0.05) is 36.9 Å². The van der Waals surface area contributed by atoms with Crippen molar-refractivity contribution in [1.82, 2.24) is 19.9 Å². The molecule has 1 N–H and O–H groups in total. The number of anilines is 1. The van der Waals surface area contributed by atoms with Gasteiger partial charge in [-0.25, -0.2) is 4.98 Å². The molecule has 174 valence electrons. The summed E-state index contributed by atoms with van der Waals surface area (Å²) < 4.78 is 0. The van der Waals surface area contributed by atoms with Crippen molar-refractivity contribution in [3.8, 4) is 6.07 Å². The lowest BCUT2D eigenvalue weighted by Gasteiger charge is -2.33. The summed E-state index contributed by atoms with van der Waals surface area (Å²) in [6.07, 6.45) is 6.25. The number of aromatic nitrogens is 3. The van der Waals surface area contributed by atoms with Crippen LogP contribution in [0.25, 0.3) is 0 Å². The van der Waals surface area contributed by atoms with Gasteiger partial charge in [-0.2, -0.15) is 5.26 Å². The summed E-state index contributed by atoms with van der Waals surface area (Å²) in [5, 5.41) is 9.53. The van der Waals surface area contributed by atoms with Gasteiger partial charge in [0.05, 0.1) is 42.7 Å². The summed E-state index contributed by atoms with van der Waals surface area (Å²) in [6.45, 7) is 1.69. The minimum atomic E-state index is -0.0644. The van der Waals surface area contributed by atoms with E-state index in [-0.39, 0.29) is 18.4 Å². The fourth-order valence-electron chi connectivity index (χ4n) is 4.69. The van der Waals surface area contributed by atoms with Gasteiger partial charge >= 0.3 is 0 Å². The Labute approximate surface area is 204 Å². The third-order valence-corrected chi connectivity index (χ3v) is 6.36. The Kier molecular flexibility index (Phi) is 6.53. The quantitative estimate of drug-likeness (QED) is 0.470. The van der Waals surface area contributed by atoms with E-state index < -0.39 is 0 Å². The SMILES string of the molecule is N#Cc1ccc2c(c1)CN(C(=O)Cc1ccccn1)C(Cc1ccccc1)CN2Cc1c[nH]cn1. The van der Waals surface area contributed by atoms with E-state index in [2.05, 4.69) is 38.1 Å². The van der Waals surface area contributed by atoms with Crippen LogP contribution >= 0.6 is 0 Å². The van der Waals surface area contributed by atoms with Gasteiger partial charge in [-0.3, -0.25) is 9.78 Å². The molecule has 0 aliphatic carbocycles. The number of imidazole rings is 1. The molecule has 7 heteroatoms. The van der Waals surface area contributed by atoms with E-state index in [1.807, 2.05) is 65.7 Å². The number of benzene rings is 2. The molecule has 0 fully saturated rings. The van der Waals surface area contributed by atoms with E-state index in [0.717, 1.165) is 29.1 Å². The molecule has 7 nitrogen and oxygen atoms in total. The smallest absolute Gasteiger partial charge is 0.229 e. The van der Waals surface area contributed by atoms with Crippen LogP contribution in [0.1, 0.15) is 28.1 Å². The van der Waals surface area contributed by atoms with Crippen molar-refractivity contribution in [2.24, 2.45) is 0 Å². The van der Waals surface area contributed by atoms with Crippen molar-refractivity contribution in [1.29, 1.82) is 5.26 Å². The van der Waals surface area contributed by atoms with E-state index in [9.17, 15) is 10.1 Å². The van der Waals surface area contributed by atoms with E-state index in [1.165, 1.54) is 5.56 Å². The highest BCUT2D eigenvalue weighted by Gasteiger charge is 2.31. The van der Waals surface area contributed by atoms with Crippen LogP contribution in [0.2, 0.25) is 0 Å². The second kappa shape index (κ2) is 10.2. The minimum Gasteiger partial charge on any atom is -0.363 e. The number of carbonyl (C=O) groups is 1. The summed E-state index contributed by atoms with van der Waals surface area (Å²) in [7, 11) is 0. The Hall–Kier alpha value is -4.44. The van der Waals surface area contributed by atoms with Gasteiger partial charge in [-0.05, 0) is 47.9 Å². The largest absolute Gasteiger partial charge is 0.363 e. The summed E-state index contributed by atoms with van der Waals surface area (Å²) in [4.78, 5) is 29.8. The second-order valence-corrected chi connectivity index (χ2v) is 8.76. The number of rotatable bonds is 6. The predicted octanol–water partition coefficient (Wildman–Crippen LogP) is 3.88. The highest BCUT2D eigenvalue weighted by molar-refractivity contribution is 5.79. The van der Waals surface area contributed by atoms with Crippen molar-refractivity contribution in [2.45, 2.75) is 32.0 Å². The summed E-state index contributed by atoms with van der Waals surface area (Å²) >= 11 is 0. The zero-order chi connectivity index (χ0) is 24.0. The van der Waals surface area contributed by atoms with Gasteiger partial charge < -0.3 is 14.8 Å². The molecular weight excluding hydrogens is 436 g/mol. The number of pyridine rings is 1. The number of hydrogen-bond acceptors (Lipinski definition) is 5. The molecule has 0 saturated heterocycles. The Morgan fingerprint density at radius 3 is 2.66 bits per heavy atom. The van der Waals surface area contributed by atoms with Crippen molar-refractivity contribution in [3.05, 3.63) is 114 Å². The Morgan fingerprint density at radius 2 is 1.91 bits per heavy atom. The van der Waals surface area contributed by atoms with E-state index in [4.69, 9.17) is 0 Å². The van der Waals surface area contributed by atoms with Crippen LogP contribution in [-0.4, -0.2) is 38.3 Å². The second-order valence-electron chi connectivity index (χ2n) is 8.76. The molecule has 0 bridgehead atoms. The van der Waals surface area contributed by atoms with Crippen LogP contribution in [-0.2, 0) is 30.7 Å². The van der Waals surface area contributed by atoms with Gasteiger partial charge in [-0.1, -0.05) is 36.4 Å². The van der Waals surface area contributed by atoms with E-state index in [1.54, 1.807) is 12.5 Å². The first-order chi connectivity index (χ1) is 17.2. The predicted molar refractivity (Wildman–Crippen MR) is 133 cm³/mol. The van der Waals surface area contributed by atoms with Crippen molar-refractivity contribution in [2.75, 3.05) is 11.4 Å². The normalized spacial score (nSPS) is 15.2. The average Bonchev–Trinajstić information content (AvgIpc) is 3.35. The number of carbonyl (C=O) groups excluding carboxylic acids is 1. The molecular formula is C28H26N6O. The van der Waals surface area contributed by atoms with Crippen LogP contribution in [0.5, 0.6) is 0 Å². The van der Waals surface area contributed by atoms with Crippen LogP contribution in [0.15, 0.2) is 85.5 Å². The lowest BCUT2D eigenvalue weighted by molar-refractivity contribution is -0.133. The van der Waals surface area contributed by atoms with Crippen molar-refractivity contribution in [3.63, 3.8) is 0 Å². The van der Waals surface area contributed by atoms with Gasteiger partial charge in [0.2, 0.25) is 5.91 Å². The van der Waals surface area contributed by atoms with Crippen LogP contribution in [0.4, 0.5) is 5.69 Å². The molecule has 2 aromatic heterocycles. The van der Waals surface area contributed by atoms with Gasteiger partial charge in [0.1, 0.15) is 0 Å². The maximum Gasteiger partial charge on any atom is 0.229 e. The Bertz CT molecular complexity index is 1310. The highest BCUT2D eigenvalue weighted by atomic mass is 16.2. The van der Waals surface area contributed by atoms with Gasteiger partial charge in [-0.15, -0.1) is 0 Å².